The summed E-state index contributed by atoms with van der Waals surface area (Å²) in [6.07, 6.45) is 3.22. The molecule has 0 saturated heterocycles. The number of benzene rings is 2. The highest BCUT2D eigenvalue weighted by atomic mass is 35.5. The van der Waals surface area contributed by atoms with Crippen molar-refractivity contribution in [1.82, 2.24) is 4.98 Å². The smallest absolute Gasteiger partial charge is 0.144 e. The van der Waals surface area contributed by atoms with E-state index in [0.29, 0.717) is 15.9 Å². The molecule has 0 aliphatic rings. The number of aromatic nitrogens is 1. The number of hydrogen-bond donors (Lipinski definition) is 0. The minimum atomic E-state index is -0.295. The predicted molar refractivity (Wildman–Crippen MR) is 85.5 cm³/mol. The lowest BCUT2D eigenvalue weighted by Gasteiger charge is -2.05. The Hall–Kier alpha value is -2.46. The summed E-state index contributed by atoms with van der Waals surface area (Å²) in [5, 5.41) is 5.05. The first kappa shape index (κ1) is 14.5. The standard InChI is InChI=1S/C17H12ClFN2O/c18-14-6-3-12(4-7-14)10-21-22-11-13-5-8-16(19)15-2-1-9-20-17(13)15/h1-10H,11H2. The Labute approximate surface area is 132 Å². The Morgan fingerprint density at radius 1 is 1.14 bits per heavy atom. The molecule has 0 amide bonds. The zero-order chi connectivity index (χ0) is 15.4. The molecule has 22 heavy (non-hydrogen) atoms. The number of oxime groups is 1. The Bertz CT molecular complexity index is 819. The van der Waals surface area contributed by atoms with E-state index in [9.17, 15) is 4.39 Å². The predicted octanol–water partition coefficient (Wildman–Crippen LogP) is 4.58. The molecular formula is C17H12ClFN2O. The Morgan fingerprint density at radius 2 is 1.95 bits per heavy atom. The third-order valence-corrected chi connectivity index (χ3v) is 3.42. The van der Waals surface area contributed by atoms with Crippen molar-refractivity contribution in [3.8, 4) is 0 Å². The molecule has 3 rings (SSSR count). The highest BCUT2D eigenvalue weighted by Gasteiger charge is 2.06. The lowest BCUT2D eigenvalue weighted by atomic mass is 10.1. The van der Waals surface area contributed by atoms with Gasteiger partial charge in [-0.25, -0.2) is 4.39 Å². The molecule has 2 aromatic carbocycles. The van der Waals surface area contributed by atoms with Gasteiger partial charge in [0, 0.05) is 22.2 Å². The van der Waals surface area contributed by atoms with Gasteiger partial charge in [-0.15, -0.1) is 0 Å². The molecule has 0 saturated carbocycles. The number of hydrogen-bond acceptors (Lipinski definition) is 3. The number of fused-ring (bicyclic) bond motifs is 1. The molecule has 3 nitrogen and oxygen atoms in total. The van der Waals surface area contributed by atoms with Gasteiger partial charge in [0.05, 0.1) is 11.7 Å². The molecule has 1 heterocycles. The van der Waals surface area contributed by atoms with Crippen LogP contribution in [0.25, 0.3) is 10.9 Å². The second kappa shape index (κ2) is 6.54. The van der Waals surface area contributed by atoms with Crippen LogP contribution in [0.4, 0.5) is 4.39 Å². The number of nitrogens with zero attached hydrogens (tertiary/aromatic N) is 2. The van der Waals surface area contributed by atoms with Gasteiger partial charge in [0.25, 0.3) is 0 Å². The fraction of sp³-hybridized carbons (Fsp3) is 0.0588. The summed E-state index contributed by atoms with van der Waals surface area (Å²) < 4.78 is 13.7. The van der Waals surface area contributed by atoms with Crippen LogP contribution in [-0.2, 0) is 11.4 Å². The van der Waals surface area contributed by atoms with Gasteiger partial charge < -0.3 is 4.84 Å². The molecule has 0 bridgehead atoms. The molecule has 0 atom stereocenters. The SMILES string of the molecule is Fc1ccc(CON=Cc2ccc(Cl)cc2)c2ncccc12. The molecule has 0 spiro atoms. The second-order valence-corrected chi connectivity index (χ2v) is 5.10. The summed E-state index contributed by atoms with van der Waals surface area (Å²) in [4.78, 5) is 9.48. The highest BCUT2D eigenvalue weighted by molar-refractivity contribution is 6.30. The monoisotopic (exact) mass is 314 g/mol. The molecule has 0 aliphatic carbocycles. The van der Waals surface area contributed by atoms with Crippen molar-refractivity contribution >= 4 is 28.7 Å². The van der Waals surface area contributed by atoms with E-state index in [1.165, 1.54) is 6.07 Å². The third-order valence-electron chi connectivity index (χ3n) is 3.17. The van der Waals surface area contributed by atoms with Gasteiger partial charge in [0.15, 0.2) is 0 Å². The van der Waals surface area contributed by atoms with Gasteiger partial charge in [-0.2, -0.15) is 0 Å². The summed E-state index contributed by atoms with van der Waals surface area (Å²) in [7, 11) is 0. The van der Waals surface area contributed by atoms with E-state index in [1.807, 2.05) is 12.1 Å². The summed E-state index contributed by atoms with van der Waals surface area (Å²) in [6.45, 7) is 0.220. The topological polar surface area (TPSA) is 34.5 Å². The maximum atomic E-state index is 13.7. The van der Waals surface area contributed by atoms with Gasteiger partial charge in [-0.05, 0) is 35.9 Å². The maximum absolute atomic E-state index is 13.7. The second-order valence-electron chi connectivity index (χ2n) is 4.67. The molecule has 110 valence electrons. The summed E-state index contributed by atoms with van der Waals surface area (Å²) in [5.74, 6) is -0.295. The van der Waals surface area contributed by atoms with Gasteiger partial charge in [-0.3, -0.25) is 4.98 Å². The lowest BCUT2D eigenvalue weighted by molar-refractivity contribution is 0.133. The molecule has 3 aromatic rings. The number of pyridine rings is 1. The number of halogens is 2. The lowest BCUT2D eigenvalue weighted by Crippen LogP contribution is -1.93. The minimum absolute atomic E-state index is 0.220. The summed E-state index contributed by atoms with van der Waals surface area (Å²) in [6, 6.07) is 13.7. The average molecular weight is 315 g/mol. The molecule has 0 aliphatic heterocycles. The van der Waals surface area contributed by atoms with Crippen LogP contribution < -0.4 is 0 Å². The van der Waals surface area contributed by atoms with Crippen molar-refractivity contribution in [2.75, 3.05) is 0 Å². The van der Waals surface area contributed by atoms with E-state index >= 15 is 0 Å². The minimum Gasteiger partial charge on any atom is -0.391 e. The van der Waals surface area contributed by atoms with Crippen LogP contribution in [0.15, 0.2) is 59.9 Å². The average Bonchev–Trinajstić information content (AvgIpc) is 2.55. The molecular weight excluding hydrogens is 303 g/mol. The van der Waals surface area contributed by atoms with Crippen LogP contribution in [0.5, 0.6) is 0 Å². The third kappa shape index (κ3) is 3.23. The van der Waals surface area contributed by atoms with Crippen molar-refractivity contribution in [2.24, 2.45) is 5.16 Å². The summed E-state index contributed by atoms with van der Waals surface area (Å²) in [5.41, 5.74) is 2.25. The zero-order valence-electron chi connectivity index (χ0n) is 11.5. The number of rotatable bonds is 4. The van der Waals surface area contributed by atoms with Gasteiger partial charge in [0.1, 0.15) is 12.4 Å². The van der Waals surface area contributed by atoms with Crippen LogP contribution in [0.2, 0.25) is 5.02 Å². The largest absolute Gasteiger partial charge is 0.391 e. The quantitative estimate of drug-likeness (QED) is 0.522. The Kier molecular flexibility index (Phi) is 4.30. The van der Waals surface area contributed by atoms with E-state index in [0.717, 1.165) is 11.1 Å². The van der Waals surface area contributed by atoms with E-state index in [2.05, 4.69) is 10.1 Å². The first-order valence-electron chi connectivity index (χ1n) is 6.67. The van der Waals surface area contributed by atoms with Crippen LogP contribution >= 0.6 is 11.6 Å². The van der Waals surface area contributed by atoms with Crippen molar-refractivity contribution in [2.45, 2.75) is 6.61 Å². The Balaban J connectivity index is 1.72. The molecule has 0 unspecified atom stereocenters. The van der Waals surface area contributed by atoms with E-state index < -0.39 is 0 Å². The fourth-order valence-corrected chi connectivity index (χ4v) is 2.19. The molecule has 5 heteroatoms. The van der Waals surface area contributed by atoms with Crippen LogP contribution in [0.1, 0.15) is 11.1 Å². The van der Waals surface area contributed by atoms with Crippen LogP contribution in [-0.4, -0.2) is 11.2 Å². The highest BCUT2D eigenvalue weighted by Crippen LogP contribution is 2.20. The normalized spacial score (nSPS) is 11.2. The van der Waals surface area contributed by atoms with Crippen molar-refractivity contribution < 1.29 is 9.23 Å². The van der Waals surface area contributed by atoms with E-state index in [1.54, 1.807) is 42.7 Å². The van der Waals surface area contributed by atoms with E-state index in [4.69, 9.17) is 16.4 Å². The van der Waals surface area contributed by atoms with Crippen molar-refractivity contribution in [1.29, 1.82) is 0 Å². The van der Waals surface area contributed by atoms with Gasteiger partial charge >= 0.3 is 0 Å². The van der Waals surface area contributed by atoms with E-state index in [-0.39, 0.29) is 12.4 Å². The fourth-order valence-electron chi connectivity index (χ4n) is 2.07. The van der Waals surface area contributed by atoms with Crippen LogP contribution in [0, 0.1) is 5.82 Å². The maximum Gasteiger partial charge on any atom is 0.144 e. The first-order chi connectivity index (χ1) is 10.7. The molecule has 1 aromatic heterocycles. The summed E-state index contributed by atoms with van der Waals surface area (Å²) >= 11 is 5.81. The molecule has 0 fully saturated rings. The van der Waals surface area contributed by atoms with Crippen LogP contribution in [0.3, 0.4) is 0 Å². The molecule has 0 N–H and O–H groups in total. The van der Waals surface area contributed by atoms with Crippen molar-refractivity contribution in [3.05, 3.63) is 76.7 Å². The zero-order valence-corrected chi connectivity index (χ0v) is 12.3. The molecule has 0 radical (unpaired) electrons. The van der Waals surface area contributed by atoms with Crippen molar-refractivity contribution in [3.63, 3.8) is 0 Å². The Morgan fingerprint density at radius 3 is 2.77 bits per heavy atom. The first-order valence-corrected chi connectivity index (χ1v) is 7.05. The van der Waals surface area contributed by atoms with Gasteiger partial charge in [-0.1, -0.05) is 35.0 Å². The van der Waals surface area contributed by atoms with Gasteiger partial charge in [0.2, 0.25) is 0 Å².